The van der Waals surface area contributed by atoms with Crippen LogP contribution in [0, 0.1) is 6.92 Å². The van der Waals surface area contributed by atoms with Crippen LogP contribution in [0.5, 0.6) is 0 Å². The molecule has 1 aromatic heterocycles. The maximum absolute atomic E-state index is 12.6. The summed E-state index contributed by atoms with van der Waals surface area (Å²) in [5.74, 6) is -0.213. The van der Waals surface area contributed by atoms with E-state index in [-0.39, 0.29) is 11.7 Å². The summed E-state index contributed by atoms with van der Waals surface area (Å²) in [5, 5.41) is 3.24. The van der Waals surface area contributed by atoms with Gasteiger partial charge in [-0.1, -0.05) is 6.92 Å². The van der Waals surface area contributed by atoms with Crippen molar-refractivity contribution >= 4 is 33.7 Å². The Balaban J connectivity index is 2.32. The van der Waals surface area contributed by atoms with Crippen molar-refractivity contribution in [2.75, 3.05) is 11.1 Å². The van der Waals surface area contributed by atoms with Crippen molar-refractivity contribution in [3.63, 3.8) is 0 Å². The van der Waals surface area contributed by atoms with Crippen molar-refractivity contribution in [3.8, 4) is 0 Å². The van der Waals surface area contributed by atoms with Crippen molar-refractivity contribution in [1.82, 2.24) is 0 Å². The molecule has 0 spiro atoms. The molecule has 0 aliphatic rings. The Hall–Kier alpha value is -2.14. The number of thiophene rings is 1. The standard InChI is InChI=1S/C16H18N2O2S/c1-4-13-9(2)14(16(17)21-13)15(20)11-5-7-12(8-6-11)18-10(3)19/h5-8H,4,17H2,1-3H3,(H,18,19). The quantitative estimate of drug-likeness (QED) is 0.850. The monoisotopic (exact) mass is 302 g/mol. The van der Waals surface area contributed by atoms with Gasteiger partial charge in [-0.15, -0.1) is 11.3 Å². The van der Waals surface area contributed by atoms with Gasteiger partial charge >= 0.3 is 0 Å². The minimum Gasteiger partial charge on any atom is -0.390 e. The molecule has 2 aromatic rings. The molecule has 0 saturated heterocycles. The summed E-state index contributed by atoms with van der Waals surface area (Å²) >= 11 is 1.48. The first kappa shape index (κ1) is 15.3. The van der Waals surface area contributed by atoms with E-state index in [9.17, 15) is 9.59 Å². The second-order valence-electron chi connectivity index (χ2n) is 4.83. The molecule has 21 heavy (non-hydrogen) atoms. The normalized spacial score (nSPS) is 10.4. The molecule has 5 heteroatoms. The maximum Gasteiger partial charge on any atom is 0.221 e. The zero-order valence-corrected chi connectivity index (χ0v) is 13.1. The molecule has 0 fully saturated rings. The lowest BCUT2D eigenvalue weighted by molar-refractivity contribution is -0.114. The van der Waals surface area contributed by atoms with Crippen LogP contribution >= 0.6 is 11.3 Å². The molecule has 1 aromatic carbocycles. The van der Waals surface area contributed by atoms with Gasteiger partial charge in [0.2, 0.25) is 5.91 Å². The molecule has 2 rings (SSSR count). The summed E-state index contributed by atoms with van der Waals surface area (Å²) in [4.78, 5) is 24.7. The molecule has 0 radical (unpaired) electrons. The average Bonchev–Trinajstić information content (AvgIpc) is 2.73. The molecular weight excluding hydrogens is 284 g/mol. The van der Waals surface area contributed by atoms with Crippen molar-refractivity contribution in [2.45, 2.75) is 27.2 Å². The van der Waals surface area contributed by atoms with Crippen LogP contribution in [0.2, 0.25) is 0 Å². The first-order valence-electron chi connectivity index (χ1n) is 6.74. The number of benzene rings is 1. The van der Waals surface area contributed by atoms with E-state index in [1.807, 2.05) is 6.92 Å². The Morgan fingerprint density at radius 2 is 1.86 bits per heavy atom. The molecule has 110 valence electrons. The number of carbonyl (C=O) groups is 2. The molecule has 3 N–H and O–H groups in total. The molecule has 0 saturated carbocycles. The Morgan fingerprint density at radius 1 is 1.24 bits per heavy atom. The molecule has 0 bridgehead atoms. The summed E-state index contributed by atoms with van der Waals surface area (Å²) in [6.07, 6.45) is 0.870. The van der Waals surface area contributed by atoms with Gasteiger partial charge in [0, 0.05) is 23.1 Å². The molecule has 0 aliphatic carbocycles. The first-order chi connectivity index (χ1) is 9.93. The molecule has 0 atom stereocenters. The number of hydrogen-bond donors (Lipinski definition) is 2. The summed E-state index contributed by atoms with van der Waals surface area (Å²) < 4.78 is 0. The minimum absolute atomic E-state index is 0.0738. The fourth-order valence-corrected chi connectivity index (χ4v) is 3.27. The number of ketones is 1. The molecular formula is C16H18N2O2S. The van der Waals surface area contributed by atoms with E-state index in [1.165, 1.54) is 18.3 Å². The van der Waals surface area contributed by atoms with Crippen LogP contribution in [0.25, 0.3) is 0 Å². The number of aryl methyl sites for hydroxylation is 1. The summed E-state index contributed by atoms with van der Waals surface area (Å²) in [6.45, 7) is 5.43. The van der Waals surface area contributed by atoms with E-state index in [1.54, 1.807) is 24.3 Å². The Kier molecular flexibility index (Phi) is 4.43. The predicted molar refractivity (Wildman–Crippen MR) is 87.0 cm³/mol. The van der Waals surface area contributed by atoms with Crippen LogP contribution < -0.4 is 11.1 Å². The Bertz CT molecular complexity index is 687. The number of nitrogen functional groups attached to an aromatic ring is 1. The number of hydrogen-bond acceptors (Lipinski definition) is 4. The highest BCUT2D eigenvalue weighted by molar-refractivity contribution is 7.16. The second-order valence-corrected chi connectivity index (χ2v) is 5.97. The van der Waals surface area contributed by atoms with Crippen molar-refractivity contribution in [1.29, 1.82) is 0 Å². The van der Waals surface area contributed by atoms with Crippen LogP contribution in [-0.2, 0) is 11.2 Å². The average molecular weight is 302 g/mol. The predicted octanol–water partition coefficient (Wildman–Crippen LogP) is 3.39. The Morgan fingerprint density at radius 3 is 2.33 bits per heavy atom. The van der Waals surface area contributed by atoms with Crippen molar-refractivity contribution in [3.05, 3.63) is 45.8 Å². The van der Waals surface area contributed by atoms with Crippen LogP contribution in [-0.4, -0.2) is 11.7 Å². The fourth-order valence-electron chi connectivity index (χ4n) is 2.26. The lowest BCUT2D eigenvalue weighted by Gasteiger charge is -2.05. The topological polar surface area (TPSA) is 72.2 Å². The number of amides is 1. The largest absolute Gasteiger partial charge is 0.390 e. The van der Waals surface area contributed by atoms with Gasteiger partial charge in [0.05, 0.1) is 10.6 Å². The van der Waals surface area contributed by atoms with E-state index in [0.29, 0.717) is 21.8 Å². The molecule has 1 heterocycles. The summed E-state index contributed by atoms with van der Waals surface area (Å²) in [5.41, 5.74) is 8.80. The highest BCUT2D eigenvalue weighted by Crippen LogP contribution is 2.32. The maximum atomic E-state index is 12.6. The third kappa shape index (κ3) is 3.13. The first-order valence-corrected chi connectivity index (χ1v) is 7.55. The summed E-state index contributed by atoms with van der Waals surface area (Å²) in [7, 11) is 0. The van der Waals surface area contributed by atoms with E-state index in [4.69, 9.17) is 5.73 Å². The minimum atomic E-state index is -0.139. The lowest BCUT2D eigenvalue weighted by atomic mass is 10.0. The van der Waals surface area contributed by atoms with Gasteiger partial charge in [-0.05, 0) is 43.2 Å². The van der Waals surface area contributed by atoms with Gasteiger partial charge in [0.15, 0.2) is 5.78 Å². The van der Waals surface area contributed by atoms with Gasteiger partial charge in [-0.3, -0.25) is 9.59 Å². The number of rotatable bonds is 4. The highest BCUT2D eigenvalue weighted by Gasteiger charge is 2.19. The molecule has 4 nitrogen and oxygen atoms in total. The Labute approximate surface area is 128 Å². The number of nitrogens with two attached hydrogens (primary N) is 1. The van der Waals surface area contributed by atoms with Crippen LogP contribution in [0.1, 0.15) is 40.2 Å². The van der Waals surface area contributed by atoms with E-state index >= 15 is 0 Å². The highest BCUT2D eigenvalue weighted by atomic mass is 32.1. The third-order valence-electron chi connectivity index (χ3n) is 3.29. The van der Waals surface area contributed by atoms with Crippen LogP contribution in [0.3, 0.4) is 0 Å². The molecule has 0 unspecified atom stereocenters. The SMILES string of the molecule is CCc1sc(N)c(C(=O)c2ccc(NC(C)=O)cc2)c1C. The van der Waals surface area contributed by atoms with Gasteiger partial charge in [0.25, 0.3) is 0 Å². The zero-order chi connectivity index (χ0) is 15.6. The lowest BCUT2D eigenvalue weighted by Crippen LogP contribution is -2.07. The third-order valence-corrected chi connectivity index (χ3v) is 4.55. The van der Waals surface area contributed by atoms with E-state index in [0.717, 1.165) is 16.9 Å². The van der Waals surface area contributed by atoms with Crippen LogP contribution in [0.15, 0.2) is 24.3 Å². The number of carbonyl (C=O) groups excluding carboxylic acids is 2. The molecule has 1 amide bonds. The zero-order valence-electron chi connectivity index (χ0n) is 12.3. The smallest absolute Gasteiger partial charge is 0.221 e. The second kappa shape index (κ2) is 6.10. The van der Waals surface area contributed by atoms with Gasteiger partial charge in [-0.25, -0.2) is 0 Å². The van der Waals surface area contributed by atoms with Gasteiger partial charge in [-0.2, -0.15) is 0 Å². The van der Waals surface area contributed by atoms with Crippen molar-refractivity contribution < 1.29 is 9.59 Å². The van der Waals surface area contributed by atoms with Gasteiger partial charge in [0.1, 0.15) is 0 Å². The summed E-state index contributed by atoms with van der Waals surface area (Å²) in [6, 6.07) is 6.84. The van der Waals surface area contributed by atoms with Crippen molar-refractivity contribution in [2.24, 2.45) is 0 Å². The number of nitrogens with one attached hydrogen (secondary N) is 1. The fraction of sp³-hybridized carbons (Fsp3) is 0.250. The van der Waals surface area contributed by atoms with Crippen LogP contribution in [0.4, 0.5) is 10.7 Å². The van der Waals surface area contributed by atoms with E-state index < -0.39 is 0 Å². The van der Waals surface area contributed by atoms with E-state index in [2.05, 4.69) is 12.2 Å². The number of anilines is 2. The molecule has 0 aliphatic heterocycles. The van der Waals surface area contributed by atoms with Gasteiger partial charge < -0.3 is 11.1 Å².